The highest BCUT2D eigenvalue weighted by atomic mass is 35.5. The summed E-state index contributed by atoms with van der Waals surface area (Å²) in [5, 5.41) is 30.8. The monoisotopic (exact) mass is 416 g/mol. The van der Waals surface area contributed by atoms with E-state index in [-0.39, 0.29) is 17.8 Å². The molecule has 162 valence electrons. The van der Waals surface area contributed by atoms with Gasteiger partial charge in [0.2, 0.25) is 0 Å². The van der Waals surface area contributed by atoms with Crippen molar-refractivity contribution in [1.82, 2.24) is 0 Å². The number of hydrogen-bond donors (Lipinski definition) is 3. The first-order chi connectivity index (χ1) is 13.4. The van der Waals surface area contributed by atoms with Crippen LogP contribution >= 0.6 is 11.6 Å². The first-order valence-electron chi connectivity index (χ1n) is 10.4. The second-order valence-electron chi connectivity index (χ2n) is 7.91. The number of allylic oxidation sites excluding steroid dienone is 2. The minimum absolute atomic E-state index is 0.0658. The molecule has 3 N–H and O–H groups in total. The lowest BCUT2D eigenvalue weighted by molar-refractivity contribution is -0.140. The summed E-state index contributed by atoms with van der Waals surface area (Å²) >= 11 is 5.71. The number of carbonyl (C=O) groups is 1. The minimum atomic E-state index is -0.593. The first-order valence-corrected chi connectivity index (χ1v) is 10.9. The van der Waals surface area contributed by atoms with E-state index in [4.69, 9.17) is 11.6 Å². The van der Waals surface area contributed by atoms with Crippen LogP contribution in [0.5, 0.6) is 0 Å². The average Bonchev–Trinajstić information content (AvgIpc) is 2.93. The Morgan fingerprint density at radius 2 is 2.00 bits per heavy atom. The fourth-order valence-corrected chi connectivity index (χ4v) is 3.99. The Labute approximate surface area is 174 Å². The molecule has 0 radical (unpaired) electrons. The van der Waals surface area contributed by atoms with Gasteiger partial charge in [-0.15, -0.1) is 11.6 Å². The zero-order valence-corrected chi connectivity index (χ0v) is 17.9. The van der Waals surface area contributed by atoms with Crippen LogP contribution in [0, 0.1) is 17.8 Å². The van der Waals surface area contributed by atoms with E-state index in [1.807, 2.05) is 18.2 Å². The van der Waals surface area contributed by atoms with Crippen molar-refractivity contribution in [3.8, 4) is 0 Å². The fourth-order valence-electron chi connectivity index (χ4n) is 3.83. The van der Waals surface area contributed by atoms with E-state index in [2.05, 4.69) is 11.7 Å². The standard InChI is InChI=1S/C22H37ClO5/c1-16(8-7-13-23)14-17(24)11-12-19-18(20(25)15-21(19)26)9-5-3-4-6-10-22(27)28-2/h3,5,11-12,16-21,24-26H,4,6-10,13-15H2,1-2H3/b5-3-,12-11+/t16-,17-,18-,19-,20+,21-/m1/s1. The number of carbonyl (C=O) groups excluding carboxylic acids is 1. The van der Waals surface area contributed by atoms with Gasteiger partial charge in [-0.25, -0.2) is 0 Å². The van der Waals surface area contributed by atoms with E-state index in [1.165, 1.54) is 7.11 Å². The fraction of sp³-hybridized carbons (Fsp3) is 0.773. The van der Waals surface area contributed by atoms with Crippen LogP contribution in [-0.4, -0.2) is 52.6 Å². The molecule has 1 rings (SSSR count). The van der Waals surface area contributed by atoms with Crippen molar-refractivity contribution in [3.05, 3.63) is 24.3 Å². The van der Waals surface area contributed by atoms with Crippen molar-refractivity contribution in [2.45, 2.75) is 76.6 Å². The highest BCUT2D eigenvalue weighted by Gasteiger charge is 2.39. The van der Waals surface area contributed by atoms with Crippen LogP contribution in [0.4, 0.5) is 0 Å². The Hall–Kier alpha value is -0.880. The number of hydrogen-bond acceptors (Lipinski definition) is 5. The molecule has 1 fully saturated rings. The number of aliphatic hydroxyl groups is 3. The SMILES string of the molecule is COC(=O)CCC/C=C\C[C@@H]1[C@@H](/C=C/[C@@H](O)C[C@H](C)CCCCl)[C@H](O)C[C@@H]1O. The van der Waals surface area contributed by atoms with Gasteiger partial charge in [0, 0.05) is 24.6 Å². The highest BCUT2D eigenvalue weighted by Crippen LogP contribution is 2.36. The molecular weight excluding hydrogens is 380 g/mol. The molecule has 6 atom stereocenters. The minimum Gasteiger partial charge on any atom is -0.469 e. The molecule has 0 spiro atoms. The molecule has 0 aromatic heterocycles. The number of esters is 1. The van der Waals surface area contributed by atoms with Crippen LogP contribution < -0.4 is 0 Å². The molecule has 0 bridgehead atoms. The van der Waals surface area contributed by atoms with Gasteiger partial charge in [0.15, 0.2) is 0 Å². The first kappa shape index (κ1) is 25.2. The van der Waals surface area contributed by atoms with Crippen molar-refractivity contribution in [2.75, 3.05) is 13.0 Å². The van der Waals surface area contributed by atoms with Gasteiger partial charge in [0.1, 0.15) is 0 Å². The summed E-state index contributed by atoms with van der Waals surface area (Å²) in [6.07, 6.45) is 11.5. The lowest BCUT2D eigenvalue weighted by Crippen LogP contribution is -2.20. The molecule has 1 aliphatic rings. The summed E-state index contributed by atoms with van der Waals surface area (Å²) in [5.41, 5.74) is 0. The number of methoxy groups -OCH3 is 1. The molecule has 0 aromatic rings. The molecule has 6 heteroatoms. The predicted molar refractivity (Wildman–Crippen MR) is 112 cm³/mol. The maximum atomic E-state index is 11.1. The molecular formula is C22H37ClO5. The maximum absolute atomic E-state index is 11.1. The summed E-state index contributed by atoms with van der Waals surface area (Å²) in [7, 11) is 1.39. The smallest absolute Gasteiger partial charge is 0.305 e. The second kappa shape index (κ2) is 14.2. The van der Waals surface area contributed by atoms with Crippen LogP contribution in [0.3, 0.4) is 0 Å². The lowest BCUT2D eigenvalue weighted by atomic mass is 9.89. The second-order valence-corrected chi connectivity index (χ2v) is 8.29. The van der Waals surface area contributed by atoms with E-state index >= 15 is 0 Å². The van der Waals surface area contributed by atoms with Crippen molar-refractivity contribution < 1.29 is 24.9 Å². The molecule has 0 aliphatic heterocycles. The van der Waals surface area contributed by atoms with Crippen LogP contribution in [0.15, 0.2) is 24.3 Å². The zero-order valence-electron chi connectivity index (χ0n) is 17.2. The topological polar surface area (TPSA) is 87.0 Å². The van der Waals surface area contributed by atoms with Crippen molar-refractivity contribution >= 4 is 17.6 Å². The number of rotatable bonds is 13. The van der Waals surface area contributed by atoms with E-state index in [1.54, 1.807) is 6.08 Å². The molecule has 0 unspecified atom stereocenters. The third-order valence-corrected chi connectivity index (χ3v) is 5.77. The molecule has 0 aromatic carbocycles. The molecule has 5 nitrogen and oxygen atoms in total. The number of aliphatic hydroxyl groups excluding tert-OH is 3. The van der Waals surface area contributed by atoms with E-state index < -0.39 is 18.3 Å². The lowest BCUT2D eigenvalue weighted by Gasteiger charge is -2.20. The summed E-state index contributed by atoms with van der Waals surface area (Å²) in [4.78, 5) is 11.1. The van der Waals surface area contributed by atoms with Gasteiger partial charge in [-0.1, -0.05) is 31.2 Å². The largest absolute Gasteiger partial charge is 0.469 e. The summed E-state index contributed by atoms with van der Waals surface area (Å²) in [5.74, 6) is 0.594. The Bertz CT molecular complexity index is 493. The third-order valence-electron chi connectivity index (χ3n) is 5.50. The number of halogens is 1. The average molecular weight is 417 g/mol. The molecule has 0 amide bonds. The number of unbranched alkanes of at least 4 members (excludes halogenated alkanes) is 1. The molecule has 28 heavy (non-hydrogen) atoms. The molecule has 1 aliphatic carbocycles. The molecule has 0 saturated heterocycles. The summed E-state index contributed by atoms with van der Waals surface area (Å²) in [6, 6.07) is 0. The van der Waals surface area contributed by atoms with Gasteiger partial charge >= 0.3 is 5.97 Å². The zero-order chi connectivity index (χ0) is 20.9. The number of alkyl halides is 1. The van der Waals surface area contributed by atoms with Gasteiger partial charge in [0.25, 0.3) is 0 Å². The maximum Gasteiger partial charge on any atom is 0.305 e. The molecule has 0 heterocycles. The van der Waals surface area contributed by atoms with E-state index in [0.717, 1.165) is 25.7 Å². The number of ether oxygens (including phenoxy) is 1. The van der Waals surface area contributed by atoms with Gasteiger partial charge < -0.3 is 20.1 Å². The van der Waals surface area contributed by atoms with Crippen LogP contribution in [0.1, 0.15) is 58.3 Å². The van der Waals surface area contributed by atoms with E-state index in [9.17, 15) is 20.1 Å². The Morgan fingerprint density at radius 3 is 2.68 bits per heavy atom. The summed E-state index contributed by atoms with van der Waals surface area (Å²) < 4.78 is 4.61. The predicted octanol–water partition coefficient (Wildman–Crippen LogP) is 3.60. The molecule has 1 saturated carbocycles. The van der Waals surface area contributed by atoms with Gasteiger partial charge in [0.05, 0.1) is 25.4 Å². The summed E-state index contributed by atoms with van der Waals surface area (Å²) in [6.45, 7) is 2.10. The van der Waals surface area contributed by atoms with Crippen molar-refractivity contribution in [3.63, 3.8) is 0 Å². The van der Waals surface area contributed by atoms with Crippen LogP contribution in [0.25, 0.3) is 0 Å². The Balaban J connectivity index is 2.48. The van der Waals surface area contributed by atoms with Gasteiger partial charge in [-0.3, -0.25) is 4.79 Å². The Kier molecular flexibility index (Phi) is 12.7. The quantitative estimate of drug-likeness (QED) is 0.185. The van der Waals surface area contributed by atoms with Crippen LogP contribution in [-0.2, 0) is 9.53 Å². The van der Waals surface area contributed by atoms with Crippen LogP contribution in [0.2, 0.25) is 0 Å². The van der Waals surface area contributed by atoms with Crippen molar-refractivity contribution in [2.24, 2.45) is 17.8 Å². The highest BCUT2D eigenvalue weighted by molar-refractivity contribution is 6.17. The van der Waals surface area contributed by atoms with Gasteiger partial charge in [-0.05, 0) is 50.4 Å². The van der Waals surface area contributed by atoms with Crippen molar-refractivity contribution in [1.29, 1.82) is 0 Å². The third kappa shape index (κ3) is 9.55. The van der Waals surface area contributed by atoms with Gasteiger partial charge in [-0.2, -0.15) is 0 Å². The Morgan fingerprint density at radius 1 is 1.25 bits per heavy atom. The normalized spacial score (nSPS) is 27.5. The van der Waals surface area contributed by atoms with E-state index in [0.29, 0.717) is 37.5 Å².